The predicted molar refractivity (Wildman–Crippen MR) is 119 cm³/mol. The highest BCUT2D eigenvalue weighted by Gasteiger charge is 2.46. The molecule has 1 heterocycles. The van der Waals surface area contributed by atoms with E-state index in [4.69, 9.17) is 23.2 Å². The average molecular weight is 474 g/mol. The van der Waals surface area contributed by atoms with E-state index in [0.29, 0.717) is 15.6 Å². The third-order valence-electron chi connectivity index (χ3n) is 5.05. The van der Waals surface area contributed by atoms with E-state index < -0.39 is 27.5 Å². The van der Waals surface area contributed by atoms with Crippen LogP contribution >= 0.6 is 23.2 Å². The molecule has 0 saturated carbocycles. The van der Waals surface area contributed by atoms with Crippen LogP contribution in [0.25, 0.3) is 0 Å². The normalized spacial score (nSPS) is 16.8. The Morgan fingerprint density at radius 1 is 0.839 bits per heavy atom. The Bertz CT molecular complexity index is 1260. The van der Waals surface area contributed by atoms with Crippen LogP contribution < -0.4 is 0 Å². The fourth-order valence-electron chi connectivity index (χ4n) is 3.56. The van der Waals surface area contributed by atoms with Gasteiger partial charge in [0.2, 0.25) is 9.84 Å². The molecule has 0 aliphatic carbocycles. The SMILES string of the molecule is O=C1C(O)=C(S(=O)(=O)c2ccccc2)[C@@H](c2ccc(Cl)cc2)N1Cc1ccc(Cl)cc1. The summed E-state index contributed by atoms with van der Waals surface area (Å²) in [4.78, 5) is 14.0. The lowest BCUT2D eigenvalue weighted by atomic mass is 10.1. The van der Waals surface area contributed by atoms with Gasteiger partial charge in [0.15, 0.2) is 5.76 Å². The van der Waals surface area contributed by atoms with Crippen molar-refractivity contribution < 1.29 is 18.3 Å². The Balaban J connectivity index is 1.85. The number of amides is 1. The lowest BCUT2D eigenvalue weighted by molar-refractivity contribution is -0.130. The minimum absolute atomic E-state index is 0.00310. The first-order valence-corrected chi connectivity index (χ1v) is 11.6. The molecule has 0 aromatic heterocycles. The molecule has 0 spiro atoms. The van der Waals surface area contributed by atoms with Gasteiger partial charge in [0.25, 0.3) is 5.91 Å². The fourth-order valence-corrected chi connectivity index (χ4v) is 5.48. The van der Waals surface area contributed by atoms with Gasteiger partial charge in [-0.1, -0.05) is 65.7 Å². The molecule has 0 radical (unpaired) electrons. The summed E-state index contributed by atoms with van der Waals surface area (Å²) >= 11 is 12.0. The first-order valence-electron chi connectivity index (χ1n) is 9.33. The van der Waals surface area contributed by atoms with Crippen molar-refractivity contribution in [2.75, 3.05) is 0 Å². The second-order valence-electron chi connectivity index (χ2n) is 7.04. The number of aliphatic hydroxyl groups is 1. The van der Waals surface area contributed by atoms with Crippen LogP contribution in [0.15, 0.2) is 94.4 Å². The molecule has 3 aromatic rings. The van der Waals surface area contributed by atoms with Gasteiger partial charge in [-0.25, -0.2) is 8.42 Å². The van der Waals surface area contributed by atoms with Crippen LogP contribution in [-0.4, -0.2) is 24.3 Å². The van der Waals surface area contributed by atoms with Crippen LogP contribution in [0, 0.1) is 0 Å². The van der Waals surface area contributed by atoms with Crippen LogP contribution in [0.2, 0.25) is 10.0 Å². The number of hydrogen-bond acceptors (Lipinski definition) is 4. The molecule has 1 atom stereocenters. The van der Waals surface area contributed by atoms with Crippen molar-refractivity contribution in [3.05, 3.63) is 111 Å². The zero-order valence-corrected chi connectivity index (χ0v) is 18.4. The van der Waals surface area contributed by atoms with Crippen molar-refractivity contribution in [1.82, 2.24) is 4.90 Å². The molecule has 158 valence electrons. The fraction of sp³-hybridized carbons (Fsp3) is 0.0870. The number of carbonyl (C=O) groups excluding carboxylic acids is 1. The molecule has 1 amide bonds. The van der Waals surface area contributed by atoms with E-state index in [-0.39, 0.29) is 16.3 Å². The third kappa shape index (κ3) is 4.06. The summed E-state index contributed by atoms with van der Waals surface area (Å²) in [6.07, 6.45) is 0. The molecule has 1 N–H and O–H groups in total. The Morgan fingerprint density at radius 3 is 1.97 bits per heavy atom. The number of rotatable bonds is 5. The van der Waals surface area contributed by atoms with Crippen molar-refractivity contribution in [1.29, 1.82) is 0 Å². The molecule has 1 aliphatic rings. The average Bonchev–Trinajstić information content (AvgIpc) is 3.02. The number of sulfone groups is 1. The van der Waals surface area contributed by atoms with Crippen LogP contribution in [0.5, 0.6) is 0 Å². The highest BCUT2D eigenvalue weighted by atomic mass is 35.5. The van der Waals surface area contributed by atoms with E-state index in [1.807, 2.05) is 0 Å². The first kappa shape index (κ1) is 21.4. The van der Waals surface area contributed by atoms with Gasteiger partial charge in [-0.2, -0.15) is 0 Å². The minimum Gasteiger partial charge on any atom is -0.502 e. The van der Waals surface area contributed by atoms with Crippen LogP contribution in [0.4, 0.5) is 0 Å². The highest BCUT2D eigenvalue weighted by Crippen LogP contribution is 2.43. The standard InChI is InChI=1S/C23H17Cl2NO4S/c24-17-10-6-15(7-11-17)14-26-20(16-8-12-18(25)13-9-16)22(21(27)23(26)28)31(29,30)19-4-2-1-3-5-19/h1-13,20,27H,14H2/t20-/m1/s1. The van der Waals surface area contributed by atoms with Crippen molar-refractivity contribution in [3.63, 3.8) is 0 Å². The molecule has 0 unspecified atom stereocenters. The molecular formula is C23H17Cl2NO4S. The van der Waals surface area contributed by atoms with Gasteiger partial charge >= 0.3 is 0 Å². The first-order chi connectivity index (χ1) is 14.8. The lowest BCUT2D eigenvalue weighted by Gasteiger charge is -2.27. The minimum atomic E-state index is -4.15. The van der Waals surface area contributed by atoms with Crippen LogP contribution in [0.3, 0.4) is 0 Å². The Kier molecular flexibility index (Phi) is 5.79. The van der Waals surface area contributed by atoms with E-state index in [1.165, 1.54) is 17.0 Å². The number of halogens is 2. The molecule has 0 saturated heterocycles. The maximum atomic E-state index is 13.4. The number of hydrogen-bond donors (Lipinski definition) is 1. The number of aliphatic hydroxyl groups excluding tert-OH is 1. The summed E-state index contributed by atoms with van der Waals surface area (Å²) in [5.74, 6) is -1.54. The van der Waals surface area contributed by atoms with Crippen LogP contribution in [-0.2, 0) is 21.2 Å². The summed E-state index contributed by atoms with van der Waals surface area (Å²) < 4.78 is 26.9. The second-order valence-corrected chi connectivity index (χ2v) is 9.83. The predicted octanol–water partition coefficient (Wildman–Crippen LogP) is 5.32. The number of carbonyl (C=O) groups is 1. The molecule has 1 aliphatic heterocycles. The topological polar surface area (TPSA) is 74.7 Å². The summed E-state index contributed by atoms with van der Waals surface area (Å²) in [5, 5.41) is 11.7. The maximum absolute atomic E-state index is 13.4. The van der Waals surface area contributed by atoms with Gasteiger partial charge in [0.05, 0.1) is 10.9 Å². The third-order valence-corrected chi connectivity index (χ3v) is 7.44. The van der Waals surface area contributed by atoms with E-state index >= 15 is 0 Å². The largest absolute Gasteiger partial charge is 0.502 e. The Hall–Kier alpha value is -2.80. The van der Waals surface area contributed by atoms with Gasteiger partial charge in [-0.05, 0) is 47.5 Å². The summed E-state index contributed by atoms with van der Waals surface area (Å²) in [7, 11) is -4.15. The van der Waals surface area contributed by atoms with Crippen molar-refractivity contribution in [3.8, 4) is 0 Å². The molecule has 8 heteroatoms. The van der Waals surface area contributed by atoms with Gasteiger partial charge in [-0.3, -0.25) is 4.79 Å². The molecule has 0 bridgehead atoms. The van der Waals surface area contributed by atoms with Crippen molar-refractivity contribution in [2.45, 2.75) is 17.5 Å². The zero-order chi connectivity index (χ0) is 22.2. The van der Waals surface area contributed by atoms with Crippen molar-refractivity contribution >= 4 is 38.9 Å². The summed E-state index contributed by atoms with van der Waals surface area (Å²) in [5.41, 5.74) is 1.26. The molecule has 0 fully saturated rings. The molecule has 31 heavy (non-hydrogen) atoms. The second kappa shape index (κ2) is 8.38. The Morgan fingerprint density at radius 2 is 1.39 bits per heavy atom. The number of nitrogens with zero attached hydrogens (tertiary/aromatic N) is 1. The van der Waals surface area contributed by atoms with E-state index in [1.54, 1.807) is 66.7 Å². The molecule has 5 nitrogen and oxygen atoms in total. The van der Waals surface area contributed by atoms with Gasteiger partial charge in [0.1, 0.15) is 4.91 Å². The van der Waals surface area contributed by atoms with Crippen LogP contribution in [0.1, 0.15) is 17.2 Å². The monoisotopic (exact) mass is 473 g/mol. The van der Waals surface area contributed by atoms with E-state index in [2.05, 4.69) is 0 Å². The van der Waals surface area contributed by atoms with E-state index in [0.717, 1.165) is 5.56 Å². The Labute approximate surface area is 190 Å². The molecule has 3 aromatic carbocycles. The van der Waals surface area contributed by atoms with Crippen molar-refractivity contribution in [2.24, 2.45) is 0 Å². The van der Waals surface area contributed by atoms with Gasteiger partial charge < -0.3 is 10.0 Å². The van der Waals surface area contributed by atoms with Gasteiger partial charge in [0, 0.05) is 16.6 Å². The number of benzene rings is 3. The smallest absolute Gasteiger partial charge is 0.290 e. The lowest BCUT2D eigenvalue weighted by Crippen LogP contribution is -2.30. The quantitative estimate of drug-likeness (QED) is 0.543. The molecular weight excluding hydrogens is 457 g/mol. The summed E-state index contributed by atoms with van der Waals surface area (Å²) in [6, 6.07) is 20.1. The maximum Gasteiger partial charge on any atom is 0.290 e. The zero-order valence-electron chi connectivity index (χ0n) is 16.1. The highest BCUT2D eigenvalue weighted by molar-refractivity contribution is 7.95. The summed E-state index contributed by atoms with van der Waals surface area (Å²) in [6.45, 7) is 0.0845. The molecule has 4 rings (SSSR count). The van der Waals surface area contributed by atoms with Gasteiger partial charge in [-0.15, -0.1) is 0 Å². The van der Waals surface area contributed by atoms with E-state index in [9.17, 15) is 18.3 Å².